The molecule has 0 saturated heterocycles. The Balaban J connectivity index is 1.79. The molecule has 239 valence electrons. The number of hydrogen-bond acceptors (Lipinski definition) is 0. The Morgan fingerprint density at radius 1 is 0.543 bits per heavy atom. The minimum absolute atomic E-state index is 0.453. The molecule has 4 aromatic rings. The van der Waals surface area contributed by atoms with Crippen molar-refractivity contribution < 1.29 is 12.4 Å². The van der Waals surface area contributed by atoms with Gasteiger partial charge in [-0.2, -0.15) is 0 Å². The van der Waals surface area contributed by atoms with Crippen LogP contribution >= 0.6 is 18.6 Å². The van der Waals surface area contributed by atoms with Gasteiger partial charge >= 0.3 is 289 Å². The second kappa shape index (κ2) is 13.4. The monoisotopic (exact) mass is 699 g/mol. The van der Waals surface area contributed by atoms with E-state index in [1.54, 1.807) is 0 Å². The molecule has 46 heavy (non-hydrogen) atoms. The van der Waals surface area contributed by atoms with E-state index < -0.39 is 26.5 Å². The van der Waals surface area contributed by atoms with Crippen LogP contribution in [0.15, 0.2) is 120 Å². The van der Waals surface area contributed by atoms with E-state index in [-0.39, 0.29) is 0 Å². The van der Waals surface area contributed by atoms with Crippen LogP contribution in [0.25, 0.3) is 12.2 Å². The van der Waals surface area contributed by atoms with E-state index in [1.165, 1.54) is 44.5 Å². The number of unbranched alkanes of at least 4 members (excludes halogenated alkanes) is 2. The summed E-state index contributed by atoms with van der Waals surface area (Å²) < 4.78 is -0.906. The van der Waals surface area contributed by atoms with Crippen LogP contribution < -0.4 is 0 Å². The summed E-state index contributed by atoms with van der Waals surface area (Å²) in [6.45, 7) is 7.77. The van der Waals surface area contributed by atoms with Gasteiger partial charge in [0.05, 0.1) is 0 Å². The first kappa shape index (κ1) is 33.8. The Kier molecular flexibility index (Phi) is 9.84. The van der Waals surface area contributed by atoms with Crippen LogP contribution in [0.4, 0.5) is 0 Å². The Labute approximate surface area is 287 Å². The van der Waals surface area contributed by atoms with Gasteiger partial charge in [-0.05, 0) is 0 Å². The van der Waals surface area contributed by atoms with Gasteiger partial charge in [0.1, 0.15) is 0 Å². The van der Waals surface area contributed by atoms with E-state index in [0.717, 1.165) is 51.4 Å². The zero-order valence-corrected chi connectivity index (χ0v) is 32.3. The summed E-state index contributed by atoms with van der Waals surface area (Å²) in [5, 5.41) is 0. The second-order valence-corrected chi connectivity index (χ2v) is 42.9. The summed E-state index contributed by atoms with van der Waals surface area (Å²) in [5.74, 6) is 0. The van der Waals surface area contributed by atoms with Crippen molar-refractivity contribution in [3.63, 3.8) is 0 Å². The number of hydrogen-bond donors (Lipinski definition) is 0. The van der Waals surface area contributed by atoms with E-state index in [9.17, 15) is 18.6 Å². The first-order chi connectivity index (χ1) is 22.2. The number of rotatable bonds is 13. The molecule has 0 aliphatic heterocycles. The molecular formula is C42H49Cl2SiTi. The van der Waals surface area contributed by atoms with E-state index in [0.29, 0.717) is 0 Å². The van der Waals surface area contributed by atoms with Crippen LogP contribution in [-0.4, -0.2) is 6.66 Å². The van der Waals surface area contributed by atoms with Crippen LogP contribution in [0.2, 0.25) is 13.1 Å². The molecule has 0 spiro atoms. The van der Waals surface area contributed by atoms with Crippen molar-refractivity contribution in [3.8, 4) is 0 Å². The molecule has 0 bridgehead atoms. The molecule has 2 aliphatic carbocycles. The molecule has 0 nitrogen and oxygen atoms in total. The molecule has 2 aliphatic rings. The quantitative estimate of drug-likeness (QED) is 0.122. The molecule has 4 aromatic carbocycles. The van der Waals surface area contributed by atoms with E-state index in [2.05, 4.69) is 148 Å². The SMILES string of the molecule is CCCCC1=Cc2ccccc2[C]1(Cc1ccccc1)[Ti]([Cl])([Cl])([SiH](C)C)[C]1(Cc2ccccc2)C(CCCC)=Cc2ccccc21. The van der Waals surface area contributed by atoms with Gasteiger partial charge in [0, 0.05) is 0 Å². The summed E-state index contributed by atoms with van der Waals surface area (Å²) in [7, 11) is 18.6. The molecule has 0 saturated carbocycles. The van der Waals surface area contributed by atoms with Crippen molar-refractivity contribution >= 4 is 37.4 Å². The fourth-order valence-corrected chi connectivity index (χ4v) is 36.4. The first-order valence-electron chi connectivity index (χ1n) is 17.5. The van der Waals surface area contributed by atoms with Crippen molar-refractivity contribution in [1.29, 1.82) is 0 Å². The van der Waals surface area contributed by atoms with E-state index >= 15 is 0 Å². The molecular weight excluding hydrogens is 651 g/mol. The Morgan fingerprint density at radius 2 is 0.913 bits per heavy atom. The fraction of sp³-hybridized carbons (Fsp3) is 0.333. The standard InChI is InChI=1S/2C20H21.C2H7Si.2ClH.Ti/c2*1-2-3-11-18-15-17-12-7-8-13-19(17)20(18)14-16-9-5-4-6-10-16;1-3-2;;;/h2*4-10,12-13,15H,2-3,11,14H2,1H3;3H,1-2H3;2*1H;/q;;;;;+2/p-2. The van der Waals surface area contributed by atoms with Gasteiger partial charge in [0.25, 0.3) is 0 Å². The topological polar surface area (TPSA) is 0 Å². The first-order valence-corrected chi connectivity index (χ1v) is 28.9. The van der Waals surface area contributed by atoms with Gasteiger partial charge in [0.15, 0.2) is 0 Å². The van der Waals surface area contributed by atoms with Gasteiger partial charge in [-0.1, -0.05) is 0 Å². The Bertz CT molecular complexity index is 1620. The fourth-order valence-electron chi connectivity index (χ4n) is 9.27. The molecule has 0 heterocycles. The zero-order valence-electron chi connectivity index (χ0n) is 28.0. The van der Waals surface area contributed by atoms with Crippen LogP contribution in [-0.2, 0) is 32.7 Å². The van der Waals surface area contributed by atoms with Crippen molar-refractivity contribution in [2.45, 2.75) is 85.7 Å². The number of allylic oxidation sites excluding steroid dienone is 2. The molecule has 2 unspecified atom stereocenters. The van der Waals surface area contributed by atoms with Crippen molar-refractivity contribution in [2.75, 3.05) is 0 Å². The average Bonchev–Trinajstić information content (AvgIpc) is 3.57. The van der Waals surface area contributed by atoms with E-state index in [4.69, 9.17) is 0 Å². The normalized spacial score (nSPS) is 21.3. The third-order valence-electron chi connectivity index (χ3n) is 11.4. The number of fused-ring (bicyclic) bond motifs is 2. The summed E-state index contributed by atoms with van der Waals surface area (Å²) in [6.07, 6.45) is 13.3. The molecule has 4 heteroatoms. The Hall–Kier alpha value is -2.13. The summed E-state index contributed by atoms with van der Waals surface area (Å²) in [6, 6.07) is 40.5. The summed E-state index contributed by atoms with van der Waals surface area (Å²) in [4.78, 5) is 0. The minimum atomic E-state index is -5.05. The summed E-state index contributed by atoms with van der Waals surface area (Å²) >= 11 is -5.05. The molecule has 0 radical (unpaired) electrons. The van der Waals surface area contributed by atoms with Crippen LogP contribution in [0.1, 0.15) is 85.8 Å². The van der Waals surface area contributed by atoms with Crippen LogP contribution in [0, 0.1) is 0 Å². The third kappa shape index (κ3) is 5.03. The zero-order chi connectivity index (χ0) is 32.4. The molecule has 0 aromatic heterocycles. The van der Waals surface area contributed by atoms with Crippen molar-refractivity contribution in [1.82, 2.24) is 0 Å². The maximum absolute atomic E-state index is 9.30. The molecule has 6 rings (SSSR count). The molecule has 0 amide bonds. The predicted molar refractivity (Wildman–Crippen MR) is 202 cm³/mol. The molecule has 0 N–H and O–H groups in total. The average molecular weight is 701 g/mol. The second-order valence-electron chi connectivity index (χ2n) is 14.1. The van der Waals surface area contributed by atoms with Gasteiger partial charge in [-0.25, -0.2) is 0 Å². The van der Waals surface area contributed by atoms with Crippen LogP contribution in [0.3, 0.4) is 0 Å². The van der Waals surface area contributed by atoms with E-state index in [1.807, 2.05) is 0 Å². The maximum atomic E-state index is 9.30. The Morgan fingerprint density at radius 3 is 1.28 bits per heavy atom. The van der Waals surface area contributed by atoms with Crippen molar-refractivity contribution in [2.24, 2.45) is 0 Å². The molecule has 0 fully saturated rings. The van der Waals surface area contributed by atoms with Gasteiger partial charge in [-0.3, -0.25) is 0 Å². The van der Waals surface area contributed by atoms with Gasteiger partial charge in [-0.15, -0.1) is 0 Å². The predicted octanol–water partition coefficient (Wildman–Crippen LogP) is 12.4. The van der Waals surface area contributed by atoms with Gasteiger partial charge in [0.2, 0.25) is 0 Å². The number of benzene rings is 4. The molecule has 2 atom stereocenters. The number of halogens is 2. The summed E-state index contributed by atoms with van der Waals surface area (Å²) in [5.41, 5.74) is 11.0. The third-order valence-corrected chi connectivity index (χ3v) is 50.4. The van der Waals surface area contributed by atoms with Crippen molar-refractivity contribution in [3.05, 3.63) is 154 Å². The van der Waals surface area contributed by atoms with Gasteiger partial charge < -0.3 is 0 Å². The van der Waals surface area contributed by atoms with Crippen LogP contribution in [0.5, 0.6) is 0 Å².